The van der Waals surface area contributed by atoms with Gasteiger partial charge in [-0.3, -0.25) is 9.59 Å². The number of carbonyl (C=O) groups excluding carboxylic acids is 1. The normalized spacial score (nSPS) is 10.3. The minimum absolute atomic E-state index is 0.0366. The molecule has 2 rings (SSSR count). The molecule has 0 aromatic heterocycles. The number of carboxylic acids is 1. The Labute approximate surface area is 159 Å². The number of rotatable bonds is 10. The molecule has 0 atom stereocenters. The molecule has 0 spiro atoms. The Morgan fingerprint density at radius 1 is 0.963 bits per heavy atom. The molecule has 0 aliphatic heterocycles. The van der Waals surface area contributed by atoms with Crippen molar-refractivity contribution in [3.05, 3.63) is 59.7 Å². The lowest BCUT2D eigenvalue weighted by molar-refractivity contribution is -0.138. The smallest absolute Gasteiger partial charge is 0.303 e. The van der Waals surface area contributed by atoms with Crippen LogP contribution in [-0.2, 0) is 22.6 Å². The maximum absolute atomic E-state index is 12.9. The molecule has 6 nitrogen and oxygen atoms in total. The molecule has 144 valence electrons. The molecule has 0 heterocycles. The number of amides is 1. The van der Waals surface area contributed by atoms with Crippen molar-refractivity contribution in [2.75, 3.05) is 20.8 Å². The molecule has 27 heavy (non-hydrogen) atoms. The molecular formula is C21H25NO5. The first kappa shape index (κ1) is 20.3. The van der Waals surface area contributed by atoms with Gasteiger partial charge in [0.1, 0.15) is 0 Å². The van der Waals surface area contributed by atoms with E-state index in [1.54, 1.807) is 31.3 Å². The third kappa shape index (κ3) is 6.33. The fourth-order valence-corrected chi connectivity index (χ4v) is 2.79. The van der Waals surface area contributed by atoms with Gasteiger partial charge >= 0.3 is 5.97 Å². The number of carbonyl (C=O) groups is 2. The number of hydrogen-bond acceptors (Lipinski definition) is 4. The van der Waals surface area contributed by atoms with Crippen LogP contribution in [0.4, 0.5) is 0 Å². The largest absolute Gasteiger partial charge is 0.493 e. The van der Waals surface area contributed by atoms with Crippen molar-refractivity contribution in [2.45, 2.75) is 25.8 Å². The van der Waals surface area contributed by atoms with E-state index in [1.165, 1.54) is 0 Å². The third-order valence-electron chi connectivity index (χ3n) is 4.19. The Morgan fingerprint density at radius 3 is 2.30 bits per heavy atom. The first-order valence-corrected chi connectivity index (χ1v) is 8.78. The topological polar surface area (TPSA) is 76.1 Å². The molecule has 0 bridgehead atoms. The van der Waals surface area contributed by atoms with Gasteiger partial charge in [0, 0.05) is 19.5 Å². The van der Waals surface area contributed by atoms with Gasteiger partial charge in [-0.15, -0.1) is 0 Å². The van der Waals surface area contributed by atoms with Crippen molar-refractivity contribution < 1.29 is 24.2 Å². The van der Waals surface area contributed by atoms with Crippen molar-refractivity contribution in [2.24, 2.45) is 0 Å². The van der Waals surface area contributed by atoms with Gasteiger partial charge in [0.05, 0.1) is 20.6 Å². The number of hydrogen-bond donors (Lipinski definition) is 1. The van der Waals surface area contributed by atoms with Crippen molar-refractivity contribution in [1.82, 2.24) is 4.90 Å². The Balaban J connectivity index is 2.10. The second-order valence-electron chi connectivity index (χ2n) is 6.16. The van der Waals surface area contributed by atoms with Crippen LogP contribution in [0.25, 0.3) is 0 Å². The van der Waals surface area contributed by atoms with Crippen LogP contribution in [0, 0.1) is 0 Å². The highest BCUT2D eigenvalue weighted by atomic mass is 16.5. The predicted octanol–water partition coefficient (Wildman–Crippen LogP) is 3.14. The molecule has 0 aliphatic rings. The second kappa shape index (κ2) is 10.2. The lowest BCUT2D eigenvalue weighted by Crippen LogP contribution is -2.33. The van der Waals surface area contributed by atoms with Gasteiger partial charge in [0.2, 0.25) is 5.91 Å². The van der Waals surface area contributed by atoms with E-state index < -0.39 is 5.97 Å². The maximum Gasteiger partial charge on any atom is 0.303 e. The summed E-state index contributed by atoms with van der Waals surface area (Å²) in [4.78, 5) is 25.4. The van der Waals surface area contributed by atoms with Gasteiger partial charge in [0.15, 0.2) is 11.5 Å². The van der Waals surface area contributed by atoms with Gasteiger partial charge in [-0.25, -0.2) is 0 Å². The van der Waals surface area contributed by atoms with E-state index in [0.29, 0.717) is 31.0 Å². The predicted molar refractivity (Wildman–Crippen MR) is 102 cm³/mol. The zero-order chi connectivity index (χ0) is 19.6. The highest BCUT2D eigenvalue weighted by Crippen LogP contribution is 2.28. The van der Waals surface area contributed by atoms with E-state index in [9.17, 15) is 9.59 Å². The van der Waals surface area contributed by atoms with Gasteiger partial charge < -0.3 is 19.5 Å². The van der Waals surface area contributed by atoms with Gasteiger partial charge in [-0.1, -0.05) is 36.4 Å². The molecule has 0 aliphatic carbocycles. The Morgan fingerprint density at radius 2 is 1.67 bits per heavy atom. The molecule has 2 aromatic carbocycles. The van der Waals surface area contributed by atoms with Crippen LogP contribution < -0.4 is 9.47 Å². The molecule has 1 amide bonds. The summed E-state index contributed by atoms with van der Waals surface area (Å²) in [6.07, 6.45) is 0.662. The van der Waals surface area contributed by atoms with E-state index in [-0.39, 0.29) is 18.7 Å². The third-order valence-corrected chi connectivity index (χ3v) is 4.19. The van der Waals surface area contributed by atoms with E-state index >= 15 is 0 Å². The van der Waals surface area contributed by atoms with E-state index in [4.69, 9.17) is 14.6 Å². The minimum Gasteiger partial charge on any atom is -0.493 e. The van der Waals surface area contributed by atoms with Crippen molar-refractivity contribution in [3.63, 3.8) is 0 Å². The molecule has 0 saturated carbocycles. The van der Waals surface area contributed by atoms with E-state index in [1.807, 2.05) is 36.4 Å². The Kier molecular flexibility index (Phi) is 7.67. The van der Waals surface area contributed by atoms with Crippen molar-refractivity contribution in [3.8, 4) is 11.5 Å². The first-order valence-electron chi connectivity index (χ1n) is 8.78. The van der Waals surface area contributed by atoms with Crippen LogP contribution in [0.1, 0.15) is 24.0 Å². The highest BCUT2D eigenvalue weighted by Gasteiger charge is 2.16. The molecule has 0 unspecified atom stereocenters. The Bertz CT molecular complexity index is 760. The summed E-state index contributed by atoms with van der Waals surface area (Å²) < 4.78 is 10.5. The van der Waals surface area contributed by atoms with Gasteiger partial charge in [-0.2, -0.15) is 0 Å². The maximum atomic E-state index is 12.9. The summed E-state index contributed by atoms with van der Waals surface area (Å²) in [6.45, 7) is 0.847. The first-order chi connectivity index (χ1) is 13.0. The van der Waals surface area contributed by atoms with Crippen LogP contribution in [0.15, 0.2) is 48.5 Å². The van der Waals surface area contributed by atoms with Crippen LogP contribution >= 0.6 is 0 Å². The Hall–Kier alpha value is -3.02. The summed E-state index contributed by atoms with van der Waals surface area (Å²) in [6, 6.07) is 15.1. The van der Waals surface area contributed by atoms with Crippen LogP contribution in [0.2, 0.25) is 0 Å². The fourth-order valence-electron chi connectivity index (χ4n) is 2.79. The number of ether oxygens (including phenoxy) is 2. The summed E-state index contributed by atoms with van der Waals surface area (Å²) in [5.41, 5.74) is 1.82. The molecule has 0 saturated heterocycles. The quantitative estimate of drug-likeness (QED) is 0.694. The minimum atomic E-state index is -0.859. The fraction of sp³-hybridized carbons (Fsp3) is 0.333. The molecule has 1 N–H and O–H groups in total. The SMILES string of the molecule is COc1ccc(CC(=O)N(CCCC(=O)O)Cc2ccccc2)cc1OC. The number of carboxylic acid groups (broad SMARTS) is 1. The monoisotopic (exact) mass is 371 g/mol. The van der Waals surface area contributed by atoms with Gasteiger partial charge in [-0.05, 0) is 29.7 Å². The molecule has 0 radical (unpaired) electrons. The lowest BCUT2D eigenvalue weighted by atomic mass is 10.1. The summed E-state index contributed by atoms with van der Waals surface area (Å²) in [5.74, 6) is 0.262. The molecule has 6 heteroatoms. The van der Waals surface area contributed by atoms with Crippen molar-refractivity contribution in [1.29, 1.82) is 0 Å². The molecule has 0 fully saturated rings. The van der Waals surface area contributed by atoms with Crippen LogP contribution in [-0.4, -0.2) is 42.6 Å². The van der Waals surface area contributed by atoms with E-state index in [2.05, 4.69) is 0 Å². The number of methoxy groups -OCH3 is 2. The average Bonchev–Trinajstić information content (AvgIpc) is 2.67. The molecule has 2 aromatic rings. The lowest BCUT2D eigenvalue weighted by Gasteiger charge is -2.23. The summed E-state index contributed by atoms with van der Waals surface area (Å²) in [5, 5.41) is 8.87. The second-order valence-corrected chi connectivity index (χ2v) is 6.16. The zero-order valence-corrected chi connectivity index (χ0v) is 15.7. The summed E-state index contributed by atoms with van der Waals surface area (Å²) in [7, 11) is 3.11. The van der Waals surface area contributed by atoms with Gasteiger partial charge in [0.25, 0.3) is 0 Å². The standard InChI is InChI=1S/C21H25NO5/c1-26-18-11-10-17(13-19(18)27-2)14-20(23)22(12-6-9-21(24)25)15-16-7-4-3-5-8-16/h3-5,7-8,10-11,13H,6,9,12,14-15H2,1-2H3,(H,24,25). The zero-order valence-electron chi connectivity index (χ0n) is 15.7. The van der Waals surface area contributed by atoms with Crippen molar-refractivity contribution >= 4 is 11.9 Å². The highest BCUT2D eigenvalue weighted by molar-refractivity contribution is 5.79. The summed E-state index contributed by atoms with van der Waals surface area (Å²) >= 11 is 0. The van der Waals surface area contributed by atoms with Crippen LogP contribution in [0.3, 0.4) is 0 Å². The average molecular weight is 371 g/mol. The van der Waals surface area contributed by atoms with Crippen LogP contribution in [0.5, 0.6) is 11.5 Å². The number of aliphatic carboxylic acids is 1. The number of nitrogens with zero attached hydrogens (tertiary/aromatic N) is 1. The number of benzene rings is 2. The van der Waals surface area contributed by atoms with E-state index in [0.717, 1.165) is 11.1 Å². The molecular weight excluding hydrogens is 346 g/mol.